The monoisotopic (exact) mass is 340 g/mol. The molecule has 0 aliphatic carbocycles. The summed E-state index contributed by atoms with van der Waals surface area (Å²) in [5.74, 6) is -0.978. The van der Waals surface area contributed by atoms with Crippen LogP contribution in [0.2, 0.25) is 0 Å². The van der Waals surface area contributed by atoms with Gasteiger partial charge in [-0.2, -0.15) is 0 Å². The fourth-order valence-electron chi connectivity index (χ4n) is 1.26. The zero-order chi connectivity index (χ0) is 11.6. The van der Waals surface area contributed by atoms with Crippen LogP contribution < -0.4 is 0 Å². The molecular formula is C11H12Br2F2. The van der Waals surface area contributed by atoms with Gasteiger partial charge in [0.15, 0.2) is 0 Å². The Morgan fingerprint density at radius 3 is 2.40 bits per heavy atom. The van der Waals surface area contributed by atoms with Crippen LogP contribution in [0.4, 0.5) is 8.78 Å². The molecule has 0 atom stereocenters. The third-order valence-corrected chi connectivity index (χ3v) is 4.29. The van der Waals surface area contributed by atoms with Crippen molar-refractivity contribution in [1.82, 2.24) is 0 Å². The van der Waals surface area contributed by atoms with E-state index < -0.39 is 11.6 Å². The molecule has 0 N–H and O–H groups in total. The summed E-state index contributed by atoms with van der Waals surface area (Å²) in [6, 6.07) is 2.67. The largest absolute Gasteiger partial charge is 0.207 e. The number of hydrogen-bond acceptors (Lipinski definition) is 0. The van der Waals surface area contributed by atoms with Gasteiger partial charge in [-0.05, 0) is 39.9 Å². The summed E-state index contributed by atoms with van der Waals surface area (Å²) in [7, 11) is 0. The lowest BCUT2D eigenvalue weighted by Crippen LogP contribution is -2.18. The van der Waals surface area contributed by atoms with E-state index in [9.17, 15) is 8.78 Å². The minimum Gasteiger partial charge on any atom is -0.207 e. The molecule has 0 bridgehead atoms. The predicted octanol–water partition coefficient (Wildman–Crippen LogP) is 4.69. The zero-order valence-corrected chi connectivity index (χ0v) is 11.8. The second-order valence-electron chi connectivity index (χ2n) is 4.30. The lowest BCUT2D eigenvalue weighted by atomic mass is 9.87. The molecule has 0 aliphatic heterocycles. The maximum Gasteiger partial charge on any atom is 0.143 e. The molecule has 0 saturated heterocycles. The highest BCUT2D eigenvalue weighted by Crippen LogP contribution is 2.29. The van der Waals surface area contributed by atoms with Crippen LogP contribution in [0.25, 0.3) is 0 Å². The Bertz CT molecular complexity index is 362. The summed E-state index contributed by atoms with van der Waals surface area (Å²) in [4.78, 5) is 0. The third kappa shape index (κ3) is 3.25. The molecule has 0 fully saturated rings. The van der Waals surface area contributed by atoms with Gasteiger partial charge in [0.1, 0.15) is 11.6 Å². The Kier molecular flexibility index (Phi) is 4.29. The van der Waals surface area contributed by atoms with Crippen molar-refractivity contribution in [3.63, 3.8) is 0 Å². The highest BCUT2D eigenvalue weighted by atomic mass is 79.9. The Balaban J connectivity index is 3.09. The molecule has 15 heavy (non-hydrogen) atoms. The van der Waals surface area contributed by atoms with Crippen LogP contribution in [0.1, 0.15) is 19.4 Å². The molecule has 0 heterocycles. The van der Waals surface area contributed by atoms with E-state index >= 15 is 0 Å². The van der Waals surface area contributed by atoms with E-state index in [0.717, 1.165) is 0 Å². The van der Waals surface area contributed by atoms with Crippen LogP contribution in [0.5, 0.6) is 0 Å². The minimum atomic E-state index is -0.496. The fourth-order valence-corrected chi connectivity index (χ4v) is 1.83. The van der Waals surface area contributed by atoms with Gasteiger partial charge in [0, 0.05) is 10.9 Å². The molecule has 4 heteroatoms. The zero-order valence-electron chi connectivity index (χ0n) is 8.58. The number of alkyl halides is 1. The lowest BCUT2D eigenvalue weighted by Gasteiger charge is -2.22. The number of halogens is 4. The highest BCUT2D eigenvalue weighted by Gasteiger charge is 2.22. The summed E-state index contributed by atoms with van der Waals surface area (Å²) in [6.45, 7) is 3.92. The van der Waals surface area contributed by atoms with Crippen LogP contribution in [-0.4, -0.2) is 5.33 Å². The average molecular weight is 342 g/mol. The summed E-state index contributed by atoms with van der Waals surface area (Å²) in [6.07, 6.45) is 0.370. The van der Waals surface area contributed by atoms with Crippen LogP contribution in [0, 0.1) is 17.0 Å². The number of rotatable bonds is 3. The molecule has 0 nitrogen and oxygen atoms in total. The van der Waals surface area contributed by atoms with Gasteiger partial charge in [-0.3, -0.25) is 0 Å². The second kappa shape index (κ2) is 4.91. The van der Waals surface area contributed by atoms with Crippen molar-refractivity contribution in [3.8, 4) is 0 Å². The standard InChI is InChI=1S/C11H12Br2F2/c1-11(2,6-12)5-7-9(14)4-3-8(13)10(7)15/h3-4H,5-6H2,1-2H3. The van der Waals surface area contributed by atoms with Crippen molar-refractivity contribution in [2.75, 3.05) is 5.33 Å². The van der Waals surface area contributed by atoms with Crippen LogP contribution >= 0.6 is 31.9 Å². The van der Waals surface area contributed by atoms with Gasteiger partial charge < -0.3 is 0 Å². The van der Waals surface area contributed by atoms with Gasteiger partial charge in [-0.15, -0.1) is 0 Å². The summed E-state index contributed by atoms with van der Waals surface area (Å²) >= 11 is 6.40. The van der Waals surface area contributed by atoms with Gasteiger partial charge in [-0.1, -0.05) is 29.8 Å². The molecular weight excluding hydrogens is 330 g/mol. The van der Waals surface area contributed by atoms with E-state index in [2.05, 4.69) is 31.9 Å². The first-order chi connectivity index (χ1) is 6.87. The van der Waals surface area contributed by atoms with Crippen molar-refractivity contribution < 1.29 is 8.78 Å². The molecule has 0 aromatic heterocycles. The smallest absolute Gasteiger partial charge is 0.143 e. The molecule has 0 spiro atoms. The molecule has 1 rings (SSSR count). The molecule has 0 unspecified atom stereocenters. The van der Waals surface area contributed by atoms with Crippen molar-refractivity contribution >= 4 is 31.9 Å². The summed E-state index contributed by atoms with van der Waals surface area (Å²) in [5, 5.41) is 0.700. The molecule has 84 valence electrons. The molecule has 0 amide bonds. The van der Waals surface area contributed by atoms with Gasteiger partial charge in [0.2, 0.25) is 0 Å². The van der Waals surface area contributed by atoms with Crippen LogP contribution in [0.15, 0.2) is 16.6 Å². The molecule has 1 aromatic rings. The minimum absolute atomic E-state index is 0.147. The highest BCUT2D eigenvalue weighted by molar-refractivity contribution is 9.10. The normalized spacial score (nSPS) is 11.9. The Morgan fingerprint density at radius 1 is 1.27 bits per heavy atom. The Hall–Kier alpha value is 0.0400. The Labute approximate surface area is 105 Å². The van der Waals surface area contributed by atoms with Gasteiger partial charge in [0.25, 0.3) is 0 Å². The van der Waals surface area contributed by atoms with E-state index in [1.54, 1.807) is 0 Å². The van der Waals surface area contributed by atoms with E-state index in [0.29, 0.717) is 16.2 Å². The van der Waals surface area contributed by atoms with Gasteiger partial charge in [0.05, 0.1) is 4.47 Å². The predicted molar refractivity (Wildman–Crippen MR) is 65.3 cm³/mol. The molecule has 0 aliphatic rings. The van der Waals surface area contributed by atoms with Gasteiger partial charge in [-0.25, -0.2) is 8.78 Å². The number of hydrogen-bond donors (Lipinski definition) is 0. The van der Waals surface area contributed by atoms with E-state index in [4.69, 9.17) is 0 Å². The van der Waals surface area contributed by atoms with E-state index in [-0.39, 0.29) is 11.0 Å². The van der Waals surface area contributed by atoms with E-state index in [1.165, 1.54) is 12.1 Å². The van der Waals surface area contributed by atoms with Crippen LogP contribution in [-0.2, 0) is 6.42 Å². The summed E-state index contributed by atoms with van der Waals surface area (Å²) in [5.41, 5.74) is -0.0172. The maximum atomic E-state index is 13.6. The SMILES string of the molecule is CC(C)(CBr)Cc1c(F)ccc(Br)c1F. The summed E-state index contributed by atoms with van der Waals surface area (Å²) < 4.78 is 27.4. The van der Waals surface area contributed by atoms with Crippen molar-refractivity contribution in [1.29, 1.82) is 0 Å². The van der Waals surface area contributed by atoms with Crippen molar-refractivity contribution in [3.05, 3.63) is 33.8 Å². The fraction of sp³-hybridized carbons (Fsp3) is 0.455. The molecule has 0 radical (unpaired) electrons. The van der Waals surface area contributed by atoms with Crippen LogP contribution in [0.3, 0.4) is 0 Å². The third-order valence-electron chi connectivity index (χ3n) is 2.16. The quantitative estimate of drug-likeness (QED) is 0.552. The van der Waals surface area contributed by atoms with E-state index in [1.807, 2.05) is 13.8 Å². The second-order valence-corrected chi connectivity index (χ2v) is 5.71. The van der Waals surface area contributed by atoms with Crippen molar-refractivity contribution in [2.24, 2.45) is 5.41 Å². The first kappa shape index (κ1) is 13.1. The number of benzene rings is 1. The molecule has 0 saturated carbocycles. The Morgan fingerprint density at radius 2 is 1.87 bits per heavy atom. The maximum absolute atomic E-state index is 13.6. The first-order valence-corrected chi connectivity index (χ1v) is 6.47. The van der Waals surface area contributed by atoms with Gasteiger partial charge >= 0.3 is 0 Å². The molecule has 1 aromatic carbocycles. The first-order valence-electron chi connectivity index (χ1n) is 4.56. The lowest BCUT2D eigenvalue weighted by molar-refractivity contribution is 0.401. The van der Waals surface area contributed by atoms with Crippen molar-refractivity contribution in [2.45, 2.75) is 20.3 Å². The average Bonchev–Trinajstić information content (AvgIpc) is 2.19. The topological polar surface area (TPSA) is 0 Å².